The Morgan fingerprint density at radius 2 is 1.96 bits per heavy atom. The van der Waals surface area contributed by atoms with E-state index in [1.54, 1.807) is 53.3 Å². The van der Waals surface area contributed by atoms with E-state index in [-0.39, 0.29) is 4.90 Å². The number of sulfonamides is 1. The highest BCUT2D eigenvalue weighted by Crippen LogP contribution is 2.28. The molecule has 3 aromatic rings. The Balaban J connectivity index is 1.57. The molecule has 2 heterocycles. The minimum atomic E-state index is -3.63. The highest BCUT2D eigenvalue weighted by molar-refractivity contribution is 7.92. The lowest BCUT2D eigenvalue weighted by molar-refractivity contribution is 0.356. The van der Waals surface area contributed by atoms with Crippen LogP contribution in [0.15, 0.2) is 65.8 Å². The number of anilines is 1. The lowest BCUT2D eigenvalue weighted by atomic mass is 10.2. The minimum Gasteiger partial charge on any atom is -0.493 e. The second-order valence-corrected chi connectivity index (χ2v) is 7.15. The molecule has 0 atom stereocenters. The molecule has 1 aliphatic heterocycles. The number of aromatic nitrogens is 2. The summed E-state index contributed by atoms with van der Waals surface area (Å²) >= 11 is 0. The van der Waals surface area contributed by atoms with Crippen molar-refractivity contribution in [3.05, 3.63) is 66.5 Å². The Kier molecular flexibility index (Phi) is 3.50. The molecular formula is C17H15N3O3S. The van der Waals surface area contributed by atoms with Gasteiger partial charge >= 0.3 is 0 Å². The Morgan fingerprint density at radius 3 is 2.71 bits per heavy atom. The Morgan fingerprint density at radius 1 is 1.12 bits per heavy atom. The number of fused-ring (bicyclic) bond motifs is 1. The molecule has 0 amide bonds. The van der Waals surface area contributed by atoms with Crippen LogP contribution in [0.1, 0.15) is 5.56 Å². The Hall–Kier alpha value is -2.80. The second kappa shape index (κ2) is 5.68. The molecule has 0 radical (unpaired) electrons. The van der Waals surface area contributed by atoms with Crippen molar-refractivity contribution in [3.63, 3.8) is 0 Å². The topological polar surface area (TPSA) is 73.2 Å². The van der Waals surface area contributed by atoms with Crippen LogP contribution in [0.4, 0.5) is 5.69 Å². The summed E-state index contributed by atoms with van der Waals surface area (Å²) < 4.78 is 34.8. The SMILES string of the molecule is O=S(=O)(Nc1ccc(-n2cccn2)cc1)c1ccc2c(c1)CCO2. The lowest BCUT2D eigenvalue weighted by Gasteiger charge is -2.10. The van der Waals surface area contributed by atoms with Gasteiger partial charge in [0.25, 0.3) is 10.0 Å². The van der Waals surface area contributed by atoms with Crippen molar-refractivity contribution in [2.45, 2.75) is 11.3 Å². The van der Waals surface area contributed by atoms with E-state index in [9.17, 15) is 8.42 Å². The van der Waals surface area contributed by atoms with Crippen LogP contribution >= 0.6 is 0 Å². The smallest absolute Gasteiger partial charge is 0.261 e. The van der Waals surface area contributed by atoms with E-state index in [1.807, 2.05) is 12.3 Å². The first-order valence-corrected chi connectivity index (χ1v) is 8.99. The molecule has 1 aliphatic rings. The van der Waals surface area contributed by atoms with Gasteiger partial charge in [0, 0.05) is 24.5 Å². The van der Waals surface area contributed by atoms with Gasteiger partial charge in [0.2, 0.25) is 0 Å². The molecule has 1 N–H and O–H groups in total. The monoisotopic (exact) mass is 341 g/mol. The van der Waals surface area contributed by atoms with Crippen molar-refractivity contribution < 1.29 is 13.2 Å². The van der Waals surface area contributed by atoms with Gasteiger partial charge in [0.1, 0.15) is 5.75 Å². The van der Waals surface area contributed by atoms with Gasteiger partial charge in [-0.2, -0.15) is 5.10 Å². The molecule has 122 valence electrons. The van der Waals surface area contributed by atoms with Crippen LogP contribution in [-0.4, -0.2) is 24.8 Å². The predicted octanol–water partition coefficient (Wildman–Crippen LogP) is 2.61. The molecule has 4 rings (SSSR count). The number of nitrogens with zero attached hydrogens (tertiary/aromatic N) is 2. The van der Waals surface area contributed by atoms with Crippen molar-refractivity contribution in [1.82, 2.24) is 9.78 Å². The van der Waals surface area contributed by atoms with Crippen molar-refractivity contribution in [2.24, 2.45) is 0 Å². The Bertz CT molecular complexity index is 965. The van der Waals surface area contributed by atoms with E-state index in [0.717, 1.165) is 23.4 Å². The summed E-state index contributed by atoms with van der Waals surface area (Å²) in [6.45, 7) is 0.598. The molecule has 0 saturated carbocycles. The zero-order chi connectivity index (χ0) is 16.6. The highest BCUT2D eigenvalue weighted by Gasteiger charge is 2.19. The molecule has 2 aromatic carbocycles. The molecule has 24 heavy (non-hydrogen) atoms. The van der Waals surface area contributed by atoms with Gasteiger partial charge in [-0.05, 0) is 54.1 Å². The average molecular weight is 341 g/mol. The molecule has 0 bridgehead atoms. The molecule has 6 nitrogen and oxygen atoms in total. The van der Waals surface area contributed by atoms with E-state index < -0.39 is 10.0 Å². The first-order chi connectivity index (χ1) is 11.6. The Labute approximate surface area is 139 Å². The van der Waals surface area contributed by atoms with Crippen molar-refractivity contribution in [2.75, 3.05) is 11.3 Å². The first-order valence-electron chi connectivity index (χ1n) is 7.50. The third kappa shape index (κ3) is 2.74. The maximum atomic E-state index is 12.5. The molecule has 0 fully saturated rings. The number of ether oxygens (including phenoxy) is 1. The van der Waals surface area contributed by atoms with Crippen molar-refractivity contribution in [1.29, 1.82) is 0 Å². The standard InChI is InChI=1S/C17H15N3O3S/c21-24(22,16-6-7-17-13(12-16)8-11-23-17)19-14-2-4-15(5-3-14)20-10-1-9-18-20/h1-7,9-10,12,19H,8,11H2. The number of nitrogens with one attached hydrogen (secondary N) is 1. The second-order valence-electron chi connectivity index (χ2n) is 5.47. The summed E-state index contributed by atoms with van der Waals surface area (Å²) in [5.41, 5.74) is 2.28. The van der Waals surface area contributed by atoms with Crippen LogP contribution in [0, 0.1) is 0 Å². The van der Waals surface area contributed by atoms with E-state index in [0.29, 0.717) is 12.3 Å². The first kappa shape index (κ1) is 14.8. The molecule has 0 spiro atoms. The predicted molar refractivity (Wildman–Crippen MR) is 90.0 cm³/mol. The van der Waals surface area contributed by atoms with Gasteiger partial charge in [-0.25, -0.2) is 13.1 Å². The maximum Gasteiger partial charge on any atom is 0.261 e. The van der Waals surface area contributed by atoms with E-state index in [4.69, 9.17) is 4.74 Å². The molecule has 0 unspecified atom stereocenters. The molecule has 0 aliphatic carbocycles. The summed E-state index contributed by atoms with van der Waals surface area (Å²) in [5.74, 6) is 0.762. The van der Waals surface area contributed by atoms with Crippen LogP contribution in [0.25, 0.3) is 5.69 Å². The molecule has 1 aromatic heterocycles. The van der Waals surface area contributed by atoms with Crippen LogP contribution in [0.2, 0.25) is 0 Å². The summed E-state index contributed by atoms with van der Waals surface area (Å²) in [7, 11) is -3.63. The van der Waals surface area contributed by atoms with Gasteiger partial charge in [-0.3, -0.25) is 4.72 Å². The van der Waals surface area contributed by atoms with E-state index >= 15 is 0 Å². The van der Waals surface area contributed by atoms with E-state index in [1.165, 1.54) is 0 Å². The molecule has 7 heteroatoms. The maximum absolute atomic E-state index is 12.5. The normalized spacial score (nSPS) is 13.3. The summed E-state index contributed by atoms with van der Waals surface area (Å²) in [6.07, 6.45) is 4.25. The molecular weight excluding hydrogens is 326 g/mol. The fourth-order valence-corrected chi connectivity index (χ4v) is 3.76. The van der Waals surface area contributed by atoms with Gasteiger partial charge in [0.15, 0.2) is 0 Å². The fourth-order valence-electron chi connectivity index (χ4n) is 2.65. The quantitative estimate of drug-likeness (QED) is 0.792. The number of rotatable bonds is 4. The average Bonchev–Trinajstić information content (AvgIpc) is 3.26. The van der Waals surface area contributed by atoms with Gasteiger partial charge in [-0.15, -0.1) is 0 Å². The van der Waals surface area contributed by atoms with Crippen molar-refractivity contribution in [3.8, 4) is 11.4 Å². The third-order valence-corrected chi connectivity index (χ3v) is 5.24. The zero-order valence-electron chi connectivity index (χ0n) is 12.7. The van der Waals surface area contributed by atoms with Crippen LogP contribution in [0.3, 0.4) is 0 Å². The highest BCUT2D eigenvalue weighted by atomic mass is 32.2. The number of hydrogen-bond donors (Lipinski definition) is 1. The van der Waals surface area contributed by atoms with Crippen molar-refractivity contribution >= 4 is 15.7 Å². The minimum absolute atomic E-state index is 0.239. The van der Waals surface area contributed by atoms with Gasteiger partial charge in [0.05, 0.1) is 17.2 Å². The molecule has 0 saturated heterocycles. The van der Waals surface area contributed by atoms with Crippen LogP contribution in [0.5, 0.6) is 5.75 Å². The van der Waals surface area contributed by atoms with Gasteiger partial charge < -0.3 is 4.74 Å². The lowest BCUT2D eigenvalue weighted by Crippen LogP contribution is -2.13. The van der Waals surface area contributed by atoms with Crippen LogP contribution < -0.4 is 9.46 Å². The zero-order valence-corrected chi connectivity index (χ0v) is 13.5. The van der Waals surface area contributed by atoms with Crippen LogP contribution in [-0.2, 0) is 16.4 Å². The largest absolute Gasteiger partial charge is 0.493 e. The fraction of sp³-hybridized carbons (Fsp3) is 0.118. The number of hydrogen-bond acceptors (Lipinski definition) is 4. The summed E-state index contributed by atoms with van der Waals surface area (Å²) in [4.78, 5) is 0.239. The van der Waals surface area contributed by atoms with E-state index in [2.05, 4.69) is 9.82 Å². The summed E-state index contributed by atoms with van der Waals surface area (Å²) in [5, 5.41) is 4.14. The van der Waals surface area contributed by atoms with Gasteiger partial charge in [-0.1, -0.05) is 0 Å². The summed E-state index contributed by atoms with van der Waals surface area (Å²) in [6, 6.07) is 13.8. The number of benzene rings is 2. The third-order valence-electron chi connectivity index (χ3n) is 3.86.